The Balaban J connectivity index is 1.82. The lowest BCUT2D eigenvalue weighted by Crippen LogP contribution is -2.14. The lowest BCUT2D eigenvalue weighted by atomic mass is 10.1. The Bertz CT molecular complexity index is 738. The smallest absolute Gasteiger partial charge is 0.244 e. The Morgan fingerprint density at radius 3 is 3.00 bits per heavy atom. The van der Waals surface area contributed by atoms with Crippen molar-refractivity contribution in [2.45, 2.75) is 19.4 Å². The second-order valence-electron chi connectivity index (χ2n) is 4.80. The zero-order valence-corrected chi connectivity index (χ0v) is 11.4. The minimum atomic E-state index is -0.424. The summed E-state index contributed by atoms with van der Waals surface area (Å²) < 4.78 is 18.3. The number of H-pyrrole nitrogens is 1. The number of aromatic amines is 1. The van der Waals surface area contributed by atoms with Gasteiger partial charge in [0.1, 0.15) is 5.82 Å². The predicted molar refractivity (Wildman–Crippen MR) is 73.6 cm³/mol. The molecular formula is C14H14FN5O. The van der Waals surface area contributed by atoms with E-state index in [0.29, 0.717) is 18.1 Å². The van der Waals surface area contributed by atoms with Gasteiger partial charge in [-0.05, 0) is 30.7 Å². The van der Waals surface area contributed by atoms with Gasteiger partial charge >= 0.3 is 0 Å². The first-order valence-corrected chi connectivity index (χ1v) is 6.46. The fourth-order valence-electron chi connectivity index (χ4n) is 2.09. The van der Waals surface area contributed by atoms with Gasteiger partial charge in [-0.3, -0.25) is 0 Å². The van der Waals surface area contributed by atoms with Crippen LogP contribution in [0.1, 0.15) is 23.2 Å². The van der Waals surface area contributed by atoms with Crippen LogP contribution < -0.4 is 5.73 Å². The number of halogens is 1. The predicted octanol–water partition coefficient (Wildman–Crippen LogP) is 2.15. The van der Waals surface area contributed by atoms with Gasteiger partial charge in [-0.1, -0.05) is 5.16 Å². The maximum Gasteiger partial charge on any atom is 0.244 e. The summed E-state index contributed by atoms with van der Waals surface area (Å²) in [5.74, 6) is 0.446. The van der Waals surface area contributed by atoms with Crippen LogP contribution in [0.2, 0.25) is 0 Å². The van der Waals surface area contributed by atoms with Gasteiger partial charge in [0.25, 0.3) is 0 Å². The van der Waals surface area contributed by atoms with Crippen molar-refractivity contribution in [2.24, 2.45) is 5.73 Å². The summed E-state index contributed by atoms with van der Waals surface area (Å²) >= 11 is 0. The number of hydrogen-bond acceptors (Lipinski definition) is 5. The van der Waals surface area contributed by atoms with Gasteiger partial charge in [-0.15, -0.1) is 0 Å². The molecule has 108 valence electrons. The van der Waals surface area contributed by atoms with E-state index in [1.807, 2.05) is 0 Å². The van der Waals surface area contributed by atoms with E-state index in [0.717, 1.165) is 16.8 Å². The number of benzene rings is 1. The molecule has 3 rings (SSSR count). The quantitative estimate of drug-likeness (QED) is 0.766. The van der Waals surface area contributed by atoms with Crippen molar-refractivity contribution in [1.82, 2.24) is 20.1 Å². The van der Waals surface area contributed by atoms with Crippen LogP contribution in [-0.4, -0.2) is 20.1 Å². The average molecular weight is 287 g/mol. The highest BCUT2D eigenvalue weighted by molar-refractivity contribution is 5.59. The summed E-state index contributed by atoms with van der Waals surface area (Å²) in [6, 6.07) is 3.99. The van der Waals surface area contributed by atoms with Crippen LogP contribution in [0.15, 0.2) is 35.2 Å². The second-order valence-corrected chi connectivity index (χ2v) is 4.80. The number of nitrogens with two attached hydrogens (primary N) is 1. The van der Waals surface area contributed by atoms with Crippen molar-refractivity contribution in [1.29, 1.82) is 0 Å². The van der Waals surface area contributed by atoms with Crippen LogP contribution in [-0.2, 0) is 6.42 Å². The van der Waals surface area contributed by atoms with Crippen LogP contribution in [0.3, 0.4) is 0 Å². The molecule has 0 amide bonds. The van der Waals surface area contributed by atoms with Gasteiger partial charge in [-0.25, -0.2) is 9.37 Å². The van der Waals surface area contributed by atoms with Gasteiger partial charge in [0.15, 0.2) is 0 Å². The average Bonchev–Trinajstić information content (AvgIpc) is 3.09. The lowest BCUT2D eigenvalue weighted by Gasteiger charge is -2.03. The summed E-state index contributed by atoms with van der Waals surface area (Å²) in [6.45, 7) is 1.79. The summed E-state index contributed by atoms with van der Waals surface area (Å²) in [4.78, 5) is 11.2. The first-order valence-electron chi connectivity index (χ1n) is 6.46. The molecule has 0 unspecified atom stereocenters. The fraction of sp³-hybridized carbons (Fsp3) is 0.214. The monoisotopic (exact) mass is 287 g/mol. The van der Waals surface area contributed by atoms with Crippen molar-refractivity contribution in [3.05, 3.63) is 53.7 Å². The topological polar surface area (TPSA) is 93.6 Å². The summed E-state index contributed by atoms with van der Waals surface area (Å²) in [7, 11) is 0. The number of rotatable bonds is 4. The maximum atomic E-state index is 13.1. The molecule has 0 radical (unpaired) electrons. The molecule has 3 N–H and O–H groups in total. The number of nitrogens with zero attached hydrogens (tertiary/aromatic N) is 3. The molecule has 6 nitrogen and oxygen atoms in total. The van der Waals surface area contributed by atoms with E-state index in [1.165, 1.54) is 12.1 Å². The second kappa shape index (κ2) is 5.45. The molecule has 0 aliphatic heterocycles. The number of aromatic nitrogens is 4. The largest absolute Gasteiger partial charge is 0.348 e. The van der Waals surface area contributed by atoms with Crippen molar-refractivity contribution in [3.63, 3.8) is 0 Å². The molecule has 0 aliphatic rings. The number of hydrogen-bond donors (Lipinski definition) is 2. The lowest BCUT2D eigenvalue weighted by molar-refractivity contribution is 0.354. The highest BCUT2D eigenvalue weighted by Crippen LogP contribution is 2.23. The molecule has 2 aromatic heterocycles. The molecule has 0 saturated carbocycles. The number of imidazole rings is 1. The molecule has 0 fully saturated rings. The minimum Gasteiger partial charge on any atom is -0.348 e. The zero-order chi connectivity index (χ0) is 14.8. The Morgan fingerprint density at radius 1 is 1.43 bits per heavy atom. The van der Waals surface area contributed by atoms with Crippen LogP contribution >= 0.6 is 0 Å². The van der Waals surface area contributed by atoms with Crippen molar-refractivity contribution < 1.29 is 8.91 Å². The Labute approximate surface area is 120 Å². The third-order valence-electron chi connectivity index (χ3n) is 3.18. The van der Waals surface area contributed by atoms with Gasteiger partial charge in [0.2, 0.25) is 11.7 Å². The van der Waals surface area contributed by atoms with E-state index in [1.54, 1.807) is 25.5 Å². The third kappa shape index (κ3) is 2.82. The highest BCUT2D eigenvalue weighted by Gasteiger charge is 2.17. The molecule has 0 saturated heterocycles. The molecule has 0 aliphatic carbocycles. The van der Waals surface area contributed by atoms with Crippen molar-refractivity contribution in [2.75, 3.05) is 0 Å². The summed E-state index contributed by atoms with van der Waals surface area (Å²) in [6.07, 6.45) is 3.80. The Kier molecular flexibility index (Phi) is 3.49. The molecule has 0 spiro atoms. The minimum absolute atomic E-state index is 0.295. The van der Waals surface area contributed by atoms with Gasteiger partial charge in [0.05, 0.1) is 12.4 Å². The van der Waals surface area contributed by atoms with Gasteiger partial charge in [0, 0.05) is 23.9 Å². The van der Waals surface area contributed by atoms with E-state index in [2.05, 4.69) is 20.1 Å². The van der Waals surface area contributed by atoms with Gasteiger partial charge < -0.3 is 15.2 Å². The number of aryl methyl sites for hydroxylation is 1. The Morgan fingerprint density at radius 2 is 2.29 bits per heavy atom. The zero-order valence-electron chi connectivity index (χ0n) is 11.4. The molecule has 0 bridgehead atoms. The SMILES string of the molecule is Cc1cc(F)ccc1-c1noc([C@H](N)Cc2cnc[nH]2)n1. The molecule has 2 heterocycles. The van der Waals surface area contributed by atoms with E-state index in [4.69, 9.17) is 10.3 Å². The van der Waals surface area contributed by atoms with E-state index in [-0.39, 0.29) is 5.82 Å². The molecule has 1 atom stereocenters. The molecule has 7 heteroatoms. The van der Waals surface area contributed by atoms with Crippen LogP contribution in [0, 0.1) is 12.7 Å². The van der Waals surface area contributed by atoms with Crippen molar-refractivity contribution >= 4 is 0 Å². The molecular weight excluding hydrogens is 273 g/mol. The van der Waals surface area contributed by atoms with E-state index in [9.17, 15) is 4.39 Å². The maximum absolute atomic E-state index is 13.1. The van der Waals surface area contributed by atoms with E-state index >= 15 is 0 Å². The molecule has 21 heavy (non-hydrogen) atoms. The molecule has 3 aromatic rings. The van der Waals surface area contributed by atoms with Gasteiger partial charge in [-0.2, -0.15) is 4.98 Å². The van der Waals surface area contributed by atoms with Crippen LogP contribution in [0.25, 0.3) is 11.4 Å². The fourth-order valence-corrected chi connectivity index (χ4v) is 2.09. The highest BCUT2D eigenvalue weighted by atomic mass is 19.1. The Hall–Kier alpha value is -2.54. The first kappa shape index (κ1) is 13.4. The summed E-state index contributed by atoms with van der Waals surface area (Å²) in [5.41, 5.74) is 8.39. The first-order chi connectivity index (χ1) is 10.1. The summed E-state index contributed by atoms with van der Waals surface area (Å²) in [5, 5.41) is 3.91. The van der Waals surface area contributed by atoms with E-state index < -0.39 is 6.04 Å². The standard InChI is InChI=1S/C14H14FN5O/c1-8-4-9(15)2-3-11(8)13-19-14(21-20-13)12(16)5-10-6-17-7-18-10/h2-4,6-7,12H,5,16H2,1H3,(H,17,18)/t12-/m1/s1. The third-order valence-corrected chi connectivity index (χ3v) is 3.18. The normalized spacial score (nSPS) is 12.5. The number of nitrogens with one attached hydrogen (secondary N) is 1. The molecule has 1 aromatic carbocycles. The van der Waals surface area contributed by atoms with Crippen LogP contribution in [0.4, 0.5) is 4.39 Å². The van der Waals surface area contributed by atoms with Crippen LogP contribution in [0.5, 0.6) is 0 Å². The van der Waals surface area contributed by atoms with Crippen molar-refractivity contribution in [3.8, 4) is 11.4 Å².